The Hall–Kier alpha value is -3.68. The van der Waals surface area contributed by atoms with E-state index in [2.05, 4.69) is 9.47 Å². The van der Waals surface area contributed by atoms with Gasteiger partial charge in [-0.1, -0.05) is 12.1 Å². The number of esters is 3. The van der Waals surface area contributed by atoms with Crippen LogP contribution in [0.5, 0.6) is 0 Å². The van der Waals surface area contributed by atoms with Crippen LogP contribution in [-0.2, 0) is 36.6 Å². The van der Waals surface area contributed by atoms with Crippen LogP contribution in [0, 0.1) is 13.8 Å². The molecule has 196 valence electrons. The van der Waals surface area contributed by atoms with Gasteiger partial charge in [0, 0.05) is 12.8 Å². The Morgan fingerprint density at radius 2 is 1.17 bits per heavy atom. The SMILES string of the molecule is COC(=O)c1ccc(CCC(=O)O)c(C)c1.COC(=O)c1ccc(CCC(=O)OC(C)(C)C)c(C)c1. The van der Waals surface area contributed by atoms with E-state index in [-0.39, 0.29) is 24.3 Å². The van der Waals surface area contributed by atoms with Gasteiger partial charge >= 0.3 is 23.9 Å². The number of carbonyl (C=O) groups excluding carboxylic acids is 3. The highest BCUT2D eigenvalue weighted by Gasteiger charge is 2.16. The third kappa shape index (κ3) is 10.7. The molecule has 0 heterocycles. The maximum absolute atomic E-state index is 11.7. The summed E-state index contributed by atoms with van der Waals surface area (Å²) in [6.45, 7) is 9.31. The molecule has 0 spiro atoms. The molecule has 0 radical (unpaired) electrons. The lowest BCUT2D eigenvalue weighted by Gasteiger charge is -2.19. The first kappa shape index (κ1) is 30.4. The monoisotopic (exact) mass is 500 g/mol. The van der Waals surface area contributed by atoms with E-state index in [4.69, 9.17) is 9.84 Å². The predicted octanol–water partition coefficient (Wildman–Crippen LogP) is 4.85. The Labute approximate surface area is 212 Å². The zero-order chi connectivity index (χ0) is 27.5. The lowest BCUT2D eigenvalue weighted by atomic mass is 10.0. The van der Waals surface area contributed by atoms with E-state index >= 15 is 0 Å². The maximum Gasteiger partial charge on any atom is 0.337 e. The molecule has 8 heteroatoms. The summed E-state index contributed by atoms with van der Waals surface area (Å²) in [6.07, 6.45) is 1.50. The molecule has 0 aliphatic rings. The summed E-state index contributed by atoms with van der Waals surface area (Å²) in [5.41, 5.74) is 4.39. The Kier molecular flexibility index (Phi) is 11.8. The van der Waals surface area contributed by atoms with Crippen LogP contribution in [-0.4, -0.2) is 48.8 Å². The molecule has 0 aliphatic heterocycles. The molecule has 2 aromatic rings. The van der Waals surface area contributed by atoms with Crippen LogP contribution in [0.1, 0.15) is 76.6 Å². The van der Waals surface area contributed by atoms with Crippen LogP contribution in [0.2, 0.25) is 0 Å². The minimum Gasteiger partial charge on any atom is -0.481 e. The highest BCUT2D eigenvalue weighted by molar-refractivity contribution is 5.90. The highest BCUT2D eigenvalue weighted by Crippen LogP contribution is 2.16. The summed E-state index contributed by atoms with van der Waals surface area (Å²) < 4.78 is 14.5. The van der Waals surface area contributed by atoms with Crippen LogP contribution in [0.25, 0.3) is 0 Å². The van der Waals surface area contributed by atoms with E-state index in [1.807, 2.05) is 40.7 Å². The van der Waals surface area contributed by atoms with E-state index in [0.29, 0.717) is 30.4 Å². The molecule has 2 rings (SSSR count). The summed E-state index contributed by atoms with van der Waals surface area (Å²) in [5, 5.41) is 8.57. The van der Waals surface area contributed by atoms with Gasteiger partial charge in [-0.15, -0.1) is 0 Å². The first-order valence-electron chi connectivity index (χ1n) is 11.6. The largest absolute Gasteiger partial charge is 0.481 e. The number of aryl methyl sites for hydroxylation is 4. The number of aliphatic carboxylic acids is 1. The number of carbonyl (C=O) groups is 4. The van der Waals surface area contributed by atoms with Crippen LogP contribution < -0.4 is 0 Å². The number of hydrogen-bond donors (Lipinski definition) is 1. The molecule has 2 aromatic carbocycles. The molecule has 0 amide bonds. The topological polar surface area (TPSA) is 116 Å². The summed E-state index contributed by atoms with van der Waals surface area (Å²) in [4.78, 5) is 44.7. The normalized spacial score (nSPS) is 10.5. The molecule has 0 aromatic heterocycles. The minimum absolute atomic E-state index is 0.0956. The Balaban J connectivity index is 0.000000369. The van der Waals surface area contributed by atoms with Crippen molar-refractivity contribution < 1.29 is 38.5 Å². The van der Waals surface area contributed by atoms with Crippen LogP contribution >= 0.6 is 0 Å². The van der Waals surface area contributed by atoms with Crippen molar-refractivity contribution in [3.8, 4) is 0 Å². The van der Waals surface area contributed by atoms with Crippen LogP contribution in [0.3, 0.4) is 0 Å². The molecule has 1 N–H and O–H groups in total. The number of rotatable bonds is 8. The minimum atomic E-state index is -0.823. The van der Waals surface area contributed by atoms with Gasteiger partial charge in [0.1, 0.15) is 5.60 Å². The number of hydrogen-bond acceptors (Lipinski definition) is 7. The Morgan fingerprint density at radius 3 is 1.50 bits per heavy atom. The van der Waals surface area contributed by atoms with Gasteiger partial charge in [0.2, 0.25) is 0 Å². The predicted molar refractivity (Wildman–Crippen MR) is 135 cm³/mol. The molecule has 8 nitrogen and oxygen atoms in total. The van der Waals surface area contributed by atoms with Crippen molar-refractivity contribution in [2.24, 2.45) is 0 Å². The van der Waals surface area contributed by atoms with Gasteiger partial charge in [0.25, 0.3) is 0 Å². The van der Waals surface area contributed by atoms with Crippen molar-refractivity contribution in [1.82, 2.24) is 0 Å². The second-order valence-corrected chi connectivity index (χ2v) is 9.25. The van der Waals surface area contributed by atoms with Crippen molar-refractivity contribution in [2.45, 2.75) is 65.9 Å². The standard InChI is InChI=1S/C16H22O4.C12H14O4/c1-11-10-13(15(18)19-5)7-6-12(11)8-9-14(17)20-16(2,3)4;1-8-7-10(12(15)16-2)4-3-9(8)5-6-11(13)14/h6-7,10H,8-9H2,1-5H3;3-4,7H,5-6H2,1-2H3,(H,13,14). The molecule has 0 fully saturated rings. The molecule has 0 saturated heterocycles. The summed E-state index contributed by atoms with van der Waals surface area (Å²) in [5.74, 6) is -1.77. The van der Waals surface area contributed by atoms with E-state index in [1.54, 1.807) is 30.3 Å². The van der Waals surface area contributed by atoms with Crippen molar-refractivity contribution in [3.63, 3.8) is 0 Å². The van der Waals surface area contributed by atoms with Crippen molar-refractivity contribution in [3.05, 3.63) is 69.8 Å². The molecule has 0 aliphatic carbocycles. The van der Waals surface area contributed by atoms with Gasteiger partial charge in [-0.2, -0.15) is 0 Å². The zero-order valence-electron chi connectivity index (χ0n) is 22.1. The van der Waals surface area contributed by atoms with Gasteiger partial charge in [-0.25, -0.2) is 9.59 Å². The third-order valence-corrected chi connectivity index (χ3v) is 5.15. The van der Waals surface area contributed by atoms with Crippen molar-refractivity contribution in [2.75, 3.05) is 14.2 Å². The van der Waals surface area contributed by atoms with E-state index in [1.165, 1.54) is 14.2 Å². The summed E-state index contributed by atoms with van der Waals surface area (Å²) in [6, 6.07) is 10.5. The van der Waals surface area contributed by atoms with E-state index in [0.717, 1.165) is 22.3 Å². The number of methoxy groups -OCH3 is 2. The molecule has 0 saturated carbocycles. The average Bonchev–Trinajstić information content (AvgIpc) is 2.80. The Bertz CT molecular complexity index is 1080. The molecule has 36 heavy (non-hydrogen) atoms. The fourth-order valence-electron chi connectivity index (χ4n) is 3.31. The number of carboxylic acids is 1. The maximum atomic E-state index is 11.7. The average molecular weight is 501 g/mol. The van der Waals surface area contributed by atoms with Gasteiger partial charge in [-0.3, -0.25) is 9.59 Å². The summed E-state index contributed by atoms with van der Waals surface area (Å²) >= 11 is 0. The zero-order valence-corrected chi connectivity index (χ0v) is 22.1. The molecule has 0 unspecified atom stereocenters. The van der Waals surface area contributed by atoms with Gasteiger partial charge in [0.15, 0.2) is 0 Å². The number of ether oxygens (including phenoxy) is 3. The fourth-order valence-corrected chi connectivity index (χ4v) is 3.31. The second kappa shape index (κ2) is 14.0. The molecule has 0 bridgehead atoms. The van der Waals surface area contributed by atoms with Crippen molar-refractivity contribution >= 4 is 23.9 Å². The third-order valence-electron chi connectivity index (χ3n) is 5.15. The number of benzene rings is 2. The van der Waals surface area contributed by atoms with Crippen LogP contribution in [0.4, 0.5) is 0 Å². The second-order valence-electron chi connectivity index (χ2n) is 9.25. The summed E-state index contributed by atoms with van der Waals surface area (Å²) in [7, 11) is 2.68. The van der Waals surface area contributed by atoms with Gasteiger partial charge in [0.05, 0.1) is 25.3 Å². The van der Waals surface area contributed by atoms with Crippen molar-refractivity contribution in [1.29, 1.82) is 0 Å². The molecule has 0 atom stereocenters. The smallest absolute Gasteiger partial charge is 0.337 e. The van der Waals surface area contributed by atoms with Crippen LogP contribution in [0.15, 0.2) is 36.4 Å². The fraction of sp³-hybridized carbons (Fsp3) is 0.429. The van der Waals surface area contributed by atoms with Gasteiger partial charge in [-0.05, 0) is 94.0 Å². The highest BCUT2D eigenvalue weighted by atomic mass is 16.6. The first-order valence-corrected chi connectivity index (χ1v) is 11.6. The quantitative estimate of drug-likeness (QED) is 0.404. The Morgan fingerprint density at radius 1 is 0.750 bits per heavy atom. The van der Waals surface area contributed by atoms with E-state index < -0.39 is 11.6 Å². The molecular formula is C28H36O8. The van der Waals surface area contributed by atoms with Gasteiger partial charge < -0.3 is 19.3 Å². The molecular weight excluding hydrogens is 464 g/mol. The number of carboxylic acid groups (broad SMARTS) is 1. The van der Waals surface area contributed by atoms with E-state index in [9.17, 15) is 19.2 Å². The lowest BCUT2D eigenvalue weighted by molar-refractivity contribution is -0.154. The first-order chi connectivity index (χ1) is 16.8. The lowest BCUT2D eigenvalue weighted by Crippen LogP contribution is -2.24.